The molecule has 0 aromatic carbocycles. The van der Waals surface area contributed by atoms with Crippen molar-refractivity contribution >= 4 is 7.60 Å². The van der Waals surface area contributed by atoms with Gasteiger partial charge in [0.25, 0.3) is 0 Å². The molecule has 1 saturated heterocycles. The smallest absolute Gasteiger partial charge is 0.353 e. The highest BCUT2D eigenvalue weighted by Gasteiger charge is 2.25. The quantitative estimate of drug-likeness (QED) is 0.645. The van der Waals surface area contributed by atoms with Gasteiger partial charge in [-0.1, -0.05) is 0 Å². The fraction of sp³-hybridized carbons (Fsp3) is 1.00. The van der Waals surface area contributed by atoms with Crippen LogP contribution in [0.3, 0.4) is 0 Å². The van der Waals surface area contributed by atoms with Crippen LogP contribution in [0.15, 0.2) is 0 Å². The van der Waals surface area contributed by atoms with E-state index in [1.165, 1.54) is 14.2 Å². The zero-order valence-electron chi connectivity index (χ0n) is 7.89. The lowest BCUT2D eigenvalue weighted by Gasteiger charge is -2.16. The van der Waals surface area contributed by atoms with Crippen LogP contribution < -0.4 is 0 Å². The van der Waals surface area contributed by atoms with E-state index in [1.807, 2.05) is 0 Å². The third-order valence-corrected chi connectivity index (χ3v) is 3.44. The maximum atomic E-state index is 11.5. The number of ether oxygens (including phenoxy) is 2. The summed E-state index contributed by atoms with van der Waals surface area (Å²) in [6.07, 6.45) is 1.52. The molecule has 0 saturated carbocycles. The Balaban J connectivity index is 2.27. The van der Waals surface area contributed by atoms with Crippen LogP contribution in [0.4, 0.5) is 0 Å². The van der Waals surface area contributed by atoms with Crippen LogP contribution in [0.25, 0.3) is 0 Å². The van der Waals surface area contributed by atoms with E-state index in [9.17, 15) is 4.57 Å². The zero-order chi connectivity index (χ0) is 9.73. The molecule has 78 valence electrons. The van der Waals surface area contributed by atoms with Crippen LogP contribution in [0.5, 0.6) is 0 Å². The highest BCUT2D eigenvalue weighted by Crippen LogP contribution is 2.46. The van der Waals surface area contributed by atoms with E-state index in [0.717, 1.165) is 12.8 Å². The van der Waals surface area contributed by atoms with Gasteiger partial charge in [0.05, 0.1) is 0 Å². The standard InChI is InChI=1S/C7H15O5P/c1-9-13(8,10-2)6-12-7-4-3-5-11-7/h7H,3-6H2,1-2H3. The van der Waals surface area contributed by atoms with E-state index in [4.69, 9.17) is 18.5 Å². The van der Waals surface area contributed by atoms with Crippen molar-refractivity contribution in [2.75, 3.05) is 27.2 Å². The van der Waals surface area contributed by atoms with Crippen molar-refractivity contribution in [3.8, 4) is 0 Å². The molecule has 1 unspecified atom stereocenters. The van der Waals surface area contributed by atoms with Gasteiger partial charge in [0, 0.05) is 27.2 Å². The van der Waals surface area contributed by atoms with Gasteiger partial charge in [0.2, 0.25) is 0 Å². The molecule has 0 aromatic rings. The molecule has 1 atom stereocenters. The molecule has 0 radical (unpaired) electrons. The lowest BCUT2D eigenvalue weighted by atomic mass is 10.4. The van der Waals surface area contributed by atoms with Crippen molar-refractivity contribution in [1.82, 2.24) is 0 Å². The molecule has 1 rings (SSSR count). The molecule has 1 fully saturated rings. The Hall–Kier alpha value is 0.0700. The maximum absolute atomic E-state index is 11.5. The Morgan fingerprint density at radius 2 is 2.15 bits per heavy atom. The van der Waals surface area contributed by atoms with Gasteiger partial charge < -0.3 is 18.5 Å². The van der Waals surface area contributed by atoms with Crippen molar-refractivity contribution < 1.29 is 23.1 Å². The second-order valence-corrected chi connectivity index (χ2v) is 4.92. The first-order valence-corrected chi connectivity index (χ1v) is 5.87. The summed E-state index contributed by atoms with van der Waals surface area (Å²) in [7, 11) is -0.363. The molecule has 6 heteroatoms. The van der Waals surface area contributed by atoms with Crippen LogP contribution in [0.2, 0.25) is 0 Å². The Labute approximate surface area is 77.8 Å². The summed E-state index contributed by atoms with van der Waals surface area (Å²) >= 11 is 0. The Kier molecular flexibility index (Phi) is 4.35. The van der Waals surface area contributed by atoms with Crippen molar-refractivity contribution in [2.45, 2.75) is 19.1 Å². The fourth-order valence-corrected chi connectivity index (χ4v) is 1.74. The second kappa shape index (κ2) is 5.08. The molecule has 1 heterocycles. The Morgan fingerprint density at radius 1 is 1.46 bits per heavy atom. The van der Waals surface area contributed by atoms with Gasteiger partial charge in [-0.3, -0.25) is 4.57 Å². The van der Waals surface area contributed by atoms with E-state index < -0.39 is 7.60 Å². The van der Waals surface area contributed by atoms with Crippen molar-refractivity contribution in [1.29, 1.82) is 0 Å². The summed E-state index contributed by atoms with van der Waals surface area (Å²) in [6, 6.07) is 0. The fourth-order valence-electron chi connectivity index (χ4n) is 1.03. The van der Waals surface area contributed by atoms with E-state index in [2.05, 4.69) is 0 Å². The molecule has 0 aliphatic carbocycles. The first-order chi connectivity index (χ1) is 6.20. The molecule has 13 heavy (non-hydrogen) atoms. The monoisotopic (exact) mass is 210 g/mol. The van der Waals surface area contributed by atoms with Gasteiger partial charge in [-0.15, -0.1) is 0 Å². The number of hydrogen-bond donors (Lipinski definition) is 0. The molecule has 1 aliphatic rings. The number of hydrogen-bond acceptors (Lipinski definition) is 5. The highest BCUT2D eigenvalue weighted by atomic mass is 31.2. The predicted molar refractivity (Wildman–Crippen MR) is 46.6 cm³/mol. The molecule has 5 nitrogen and oxygen atoms in total. The van der Waals surface area contributed by atoms with Gasteiger partial charge in [-0.05, 0) is 6.42 Å². The summed E-state index contributed by atoms with van der Waals surface area (Å²) in [5.74, 6) is 0. The van der Waals surface area contributed by atoms with Gasteiger partial charge in [-0.25, -0.2) is 0 Å². The van der Waals surface area contributed by atoms with Crippen LogP contribution >= 0.6 is 7.60 Å². The SMILES string of the molecule is COP(=O)(COC1CCCO1)OC. The van der Waals surface area contributed by atoms with Crippen LogP contribution in [-0.4, -0.2) is 33.5 Å². The molecular weight excluding hydrogens is 195 g/mol. The minimum atomic E-state index is -3.04. The summed E-state index contributed by atoms with van der Waals surface area (Å²) in [5, 5.41) is 0. The largest absolute Gasteiger partial charge is 0.355 e. The summed E-state index contributed by atoms with van der Waals surface area (Å²) in [5.41, 5.74) is 0. The summed E-state index contributed by atoms with van der Waals surface area (Å²) < 4.78 is 31.3. The van der Waals surface area contributed by atoms with Gasteiger partial charge >= 0.3 is 7.60 Å². The van der Waals surface area contributed by atoms with E-state index in [1.54, 1.807) is 0 Å². The zero-order valence-corrected chi connectivity index (χ0v) is 8.79. The van der Waals surface area contributed by atoms with E-state index in [0.29, 0.717) is 6.61 Å². The lowest BCUT2D eigenvalue weighted by molar-refractivity contribution is -0.0994. The van der Waals surface area contributed by atoms with Crippen LogP contribution in [-0.2, 0) is 23.1 Å². The van der Waals surface area contributed by atoms with E-state index >= 15 is 0 Å². The first kappa shape index (κ1) is 11.1. The number of rotatable bonds is 5. The van der Waals surface area contributed by atoms with Crippen molar-refractivity contribution in [3.63, 3.8) is 0 Å². The van der Waals surface area contributed by atoms with E-state index in [-0.39, 0.29) is 12.6 Å². The lowest BCUT2D eigenvalue weighted by Crippen LogP contribution is -2.12. The van der Waals surface area contributed by atoms with Gasteiger partial charge in [-0.2, -0.15) is 0 Å². The molecular formula is C7H15O5P. The topological polar surface area (TPSA) is 54.0 Å². The van der Waals surface area contributed by atoms with Crippen LogP contribution in [0.1, 0.15) is 12.8 Å². The molecule has 0 amide bonds. The third kappa shape index (κ3) is 3.37. The first-order valence-electron chi connectivity index (χ1n) is 4.14. The highest BCUT2D eigenvalue weighted by molar-refractivity contribution is 7.53. The van der Waals surface area contributed by atoms with Crippen molar-refractivity contribution in [2.24, 2.45) is 0 Å². The average molecular weight is 210 g/mol. The predicted octanol–water partition coefficient (Wildman–Crippen LogP) is 1.58. The maximum Gasteiger partial charge on any atom is 0.355 e. The summed E-state index contributed by atoms with van der Waals surface area (Å²) in [4.78, 5) is 0. The molecule has 0 spiro atoms. The molecule has 0 N–H and O–H groups in total. The second-order valence-electron chi connectivity index (χ2n) is 2.71. The molecule has 0 aromatic heterocycles. The van der Waals surface area contributed by atoms with Gasteiger partial charge in [0.1, 0.15) is 0 Å². The summed E-state index contributed by atoms with van der Waals surface area (Å²) in [6.45, 7) is 0.703. The van der Waals surface area contributed by atoms with Crippen LogP contribution in [0, 0.1) is 0 Å². The Morgan fingerprint density at radius 3 is 2.62 bits per heavy atom. The third-order valence-electron chi connectivity index (χ3n) is 1.86. The molecule has 0 bridgehead atoms. The van der Waals surface area contributed by atoms with Gasteiger partial charge in [0.15, 0.2) is 12.6 Å². The van der Waals surface area contributed by atoms with Crippen molar-refractivity contribution in [3.05, 3.63) is 0 Å². The average Bonchev–Trinajstić information content (AvgIpc) is 2.67. The Bertz CT molecular complexity index is 181. The molecule has 1 aliphatic heterocycles. The minimum Gasteiger partial charge on any atom is -0.353 e. The normalized spacial score (nSPS) is 23.7. The minimum absolute atomic E-state index is 0.0509.